The van der Waals surface area contributed by atoms with Crippen molar-refractivity contribution < 1.29 is 0 Å². The largest absolute Gasteiger partial charge is 0.359 e. The predicted octanol–water partition coefficient (Wildman–Crippen LogP) is 0.0632. The summed E-state index contributed by atoms with van der Waals surface area (Å²) in [6.45, 7) is 1.80. The van der Waals surface area contributed by atoms with Crippen LogP contribution in [0, 0.1) is 6.92 Å². The molecule has 0 spiro atoms. The Hall–Kier alpha value is -1.98. The number of aromatic amines is 1. The lowest BCUT2D eigenvalue weighted by Crippen LogP contribution is -2.13. The third-order valence-corrected chi connectivity index (χ3v) is 1.78. The van der Waals surface area contributed by atoms with E-state index in [2.05, 4.69) is 25.3 Å². The minimum Gasteiger partial charge on any atom is -0.359 e. The van der Waals surface area contributed by atoms with Crippen molar-refractivity contribution in [2.24, 2.45) is 0 Å². The summed E-state index contributed by atoms with van der Waals surface area (Å²) in [7, 11) is 1.67. The molecule has 0 fully saturated rings. The van der Waals surface area contributed by atoms with Gasteiger partial charge >= 0.3 is 0 Å². The molecule has 0 atom stereocenters. The zero-order valence-corrected chi connectivity index (χ0v) is 7.83. The van der Waals surface area contributed by atoms with Crippen molar-refractivity contribution in [2.75, 3.05) is 12.4 Å². The van der Waals surface area contributed by atoms with Crippen molar-refractivity contribution in [3.05, 3.63) is 22.2 Å². The van der Waals surface area contributed by atoms with Gasteiger partial charge in [-0.1, -0.05) is 0 Å². The van der Waals surface area contributed by atoms with E-state index in [1.54, 1.807) is 14.0 Å². The molecule has 0 bridgehead atoms. The Bertz CT molecular complexity index is 533. The maximum absolute atomic E-state index is 11.4. The van der Waals surface area contributed by atoms with Gasteiger partial charge in [0.05, 0.1) is 5.69 Å². The van der Waals surface area contributed by atoms with E-state index in [1.165, 1.54) is 6.20 Å². The van der Waals surface area contributed by atoms with Crippen LogP contribution < -0.4 is 10.9 Å². The van der Waals surface area contributed by atoms with Gasteiger partial charge < -0.3 is 5.32 Å². The number of rotatable bonds is 1. The lowest BCUT2D eigenvalue weighted by atomic mass is 10.4. The van der Waals surface area contributed by atoms with Gasteiger partial charge in [0.15, 0.2) is 11.2 Å². The highest BCUT2D eigenvalue weighted by atomic mass is 16.1. The van der Waals surface area contributed by atoms with E-state index in [9.17, 15) is 4.79 Å². The fraction of sp³-hybridized carbons (Fsp3) is 0.250. The average molecular weight is 191 g/mol. The molecule has 6 nitrogen and oxygen atoms in total. The fourth-order valence-corrected chi connectivity index (χ4v) is 1.12. The van der Waals surface area contributed by atoms with E-state index in [4.69, 9.17) is 0 Å². The average Bonchev–Trinajstić information content (AvgIpc) is 2.16. The van der Waals surface area contributed by atoms with Crippen LogP contribution >= 0.6 is 0 Å². The van der Waals surface area contributed by atoms with Crippen molar-refractivity contribution in [3.8, 4) is 0 Å². The van der Waals surface area contributed by atoms with Crippen LogP contribution in [0.2, 0.25) is 0 Å². The van der Waals surface area contributed by atoms with Crippen molar-refractivity contribution >= 4 is 17.1 Å². The molecule has 0 unspecified atom stereocenters. The van der Waals surface area contributed by atoms with Gasteiger partial charge in [0.25, 0.3) is 5.56 Å². The summed E-state index contributed by atoms with van der Waals surface area (Å²) in [6.07, 6.45) is 1.54. The third-order valence-electron chi connectivity index (χ3n) is 1.78. The SMILES string of the molecule is CNc1nc2nc(C)cnc2c(=O)[nH]1. The number of aryl methyl sites for hydroxylation is 1. The number of nitrogens with one attached hydrogen (secondary N) is 2. The Balaban J connectivity index is 2.84. The van der Waals surface area contributed by atoms with Crippen LogP contribution in [0.1, 0.15) is 5.69 Å². The fourth-order valence-electron chi connectivity index (χ4n) is 1.12. The number of nitrogens with zero attached hydrogens (tertiary/aromatic N) is 3. The summed E-state index contributed by atoms with van der Waals surface area (Å²) in [6, 6.07) is 0. The van der Waals surface area contributed by atoms with Crippen LogP contribution in [-0.4, -0.2) is 27.0 Å². The van der Waals surface area contributed by atoms with E-state index in [1.807, 2.05) is 0 Å². The van der Waals surface area contributed by atoms with Gasteiger partial charge in [-0.2, -0.15) is 4.98 Å². The van der Waals surface area contributed by atoms with Gasteiger partial charge in [-0.05, 0) is 6.92 Å². The molecule has 0 aliphatic rings. The Morgan fingerprint density at radius 3 is 2.93 bits per heavy atom. The molecule has 0 aliphatic heterocycles. The monoisotopic (exact) mass is 191 g/mol. The van der Waals surface area contributed by atoms with Crippen LogP contribution in [0.15, 0.2) is 11.0 Å². The summed E-state index contributed by atoms with van der Waals surface area (Å²) in [5.41, 5.74) is 1.07. The molecule has 0 aliphatic carbocycles. The first kappa shape index (κ1) is 8.61. The Labute approximate surface area is 79.4 Å². The molecule has 2 aromatic rings. The summed E-state index contributed by atoms with van der Waals surface area (Å²) < 4.78 is 0. The second-order valence-electron chi connectivity index (χ2n) is 2.85. The lowest BCUT2D eigenvalue weighted by molar-refractivity contribution is 1.08. The van der Waals surface area contributed by atoms with Gasteiger partial charge in [-0.15, -0.1) is 0 Å². The molecule has 2 N–H and O–H groups in total. The van der Waals surface area contributed by atoms with E-state index in [-0.39, 0.29) is 11.1 Å². The van der Waals surface area contributed by atoms with Crippen molar-refractivity contribution in [2.45, 2.75) is 6.92 Å². The molecule has 0 amide bonds. The number of hydrogen-bond acceptors (Lipinski definition) is 5. The molecule has 0 aromatic carbocycles. The summed E-state index contributed by atoms with van der Waals surface area (Å²) >= 11 is 0. The second-order valence-corrected chi connectivity index (χ2v) is 2.85. The van der Waals surface area contributed by atoms with Gasteiger partial charge in [-0.3, -0.25) is 9.78 Å². The zero-order chi connectivity index (χ0) is 10.1. The Kier molecular flexibility index (Phi) is 1.88. The Morgan fingerprint density at radius 1 is 1.43 bits per heavy atom. The maximum Gasteiger partial charge on any atom is 0.280 e. The summed E-state index contributed by atoms with van der Waals surface area (Å²) in [5, 5.41) is 2.74. The molecule has 6 heteroatoms. The number of aromatic nitrogens is 4. The van der Waals surface area contributed by atoms with Gasteiger partial charge in [0, 0.05) is 13.2 Å². The minimum atomic E-state index is -0.285. The molecule has 14 heavy (non-hydrogen) atoms. The Morgan fingerprint density at radius 2 is 2.21 bits per heavy atom. The quantitative estimate of drug-likeness (QED) is 0.666. The van der Waals surface area contributed by atoms with Crippen LogP contribution in [0.3, 0.4) is 0 Å². The topological polar surface area (TPSA) is 83.6 Å². The predicted molar refractivity (Wildman–Crippen MR) is 52.2 cm³/mol. The second kappa shape index (κ2) is 3.06. The van der Waals surface area contributed by atoms with E-state index < -0.39 is 0 Å². The first-order valence-electron chi connectivity index (χ1n) is 4.12. The third kappa shape index (κ3) is 1.30. The molecular formula is C8H9N5O. The van der Waals surface area contributed by atoms with Crippen LogP contribution in [-0.2, 0) is 0 Å². The number of hydrogen-bond donors (Lipinski definition) is 2. The maximum atomic E-state index is 11.4. The molecule has 0 saturated heterocycles. The lowest BCUT2D eigenvalue weighted by Gasteiger charge is -2.00. The molecule has 2 heterocycles. The summed E-state index contributed by atoms with van der Waals surface area (Å²) in [4.78, 5) is 26.1. The molecule has 2 aromatic heterocycles. The minimum absolute atomic E-state index is 0.259. The standard InChI is InChI=1S/C8H9N5O/c1-4-3-10-5-6(11-4)12-8(9-2)13-7(5)14/h3H,1-2H3,(H2,9,11,12,13,14). The van der Waals surface area contributed by atoms with E-state index >= 15 is 0 Å². The normalized spacial score (nSPS) is 10.4. The van der Waals surface area contributed by atoms with Crippen molar-refractivity contribution in [1.29, 1.82) is 0 Å². The van der Waals surface area contributed by atoms with Crippen molar-refractivity contribution in [3.63, 3.8) is 0 Å². The van der Waals surface area contributed by atoms with Crippen LogP contribution in [0.5, 0.6) is 0 Å². The molecule has 72 valence electrons. The highest BCUT2D eigenvalue weighted by Crippen LogP contribution is 2.03. The van der Waals surface area contributed by atoms with Crippen molar-refractivity contribution in [1.82, 2.24) is 19.9 Å². The first-order valence-corrected chi connectivity index (χ1v) is 4.12. The molecule has 2 rings (SSSR count). The molecule has 0 saturated carbocycles. The van der Waals surface area contributed by atoms with Gasteiger partial charge in [-0.25, -0.2) is 9.97 Å². The van der Waals surface area contributed by atoms with E-state index in [0.29, 0.717) is 11.6 Å². The zero-order valence-electron chi connectivity index (χ0n) is 7.83. The molecule has 0 radical (unpaired) electrons. The number of H-pyrrole nitrogens is 1. The van der Waals surface area contributed by atoms with Crippen LogP contribution in [0.25, 0.3) is 11.2 Å². The molecular weight excluding hydrogens is 182 g/mol. The summed E-state index contributed by atoms with van der Waals surface area (Å²) in [5.74, 6) is 0.391. The highest BCUT2D eigenvalue weighted by Gasteiger charge is 2.04. The number of anilines is 1. The number of fused-ring (bicyclic) bond motifs is 1. The van der Waals surface area contributed by atoms with E-state index in [0.717, 1.165) is 5.69 Å². The van der Waals surface area contributed by atoms with Gasteiger partial charge in [0.1, 0.15) is 0 Å². The van der Waals surface area contributed by atoms with Crippen LogP contribution in [0.4, 0.5) is 5.95 Å². The highest BCUT2D eigenvalue weighted by molar-refractivity contribution is 5.69. The van der Waals surface area contributed by atoms with Gasteiger partial charge in [0.2, 0.25) is 5.95 Å². The smallest absolute Gasteiger partial charge is 0.280 e. The first-order chi connectivity index (χ1) is 6.70.